The Hall–Kier alpha value is -4.06. The van der Waals surface area contributed by atoms with Gasteiger partial charge in [0.2, 0.25) is 11.8 Å². The highest BCUT2D eigenvalue weighted by Crippen LogP contribution is 2.34. The summed E-state index contributed by atoms with van der Waals surface area (Å²) in [6.45, 7) is 0.427. The molecule has 43 heavy (non-hydrogen) atoms. The molecule has 3 rings (SSSR count). The van der Waals surface area contributed by atoms with Gasteiger partial charge in [-0.2, -0.15) is 0 Å². The third-order valence-electron chi connectivity index (χ3n) is 8.00. The van der Waals surface area contributed by atoms with Crippen LogP contribution in [-0.4, -0.2) is 64.6 Å². The number of benzene rings is 1. The van der Waals surface area contributed by atoms with Gasteiger partial charge in [-0.15, -0.1) is 0 Å². The Morgan fingerprint density at radius 3 is 2.23 bits per heavy atom. The minimum Gasteiger partial charge on any atom is -0.392 e. The van der Waals surface area contributed by atoms with E-state index in [0.29, 0.717) is 49.9 Å². The lowest BCUT2D eigenvalue weighted by Gasteiger charge is -2.26. The number of unbranched alkanes of at least 4 members (excludes halogenated alkanes) is 2. The van der Waals surface area contributed by atoms with Crippen LogP contribution in [0.15, 0.2) is 36.4 Å². The number of imide groups is 1. The highest BCUT2D eigenvalue weighted by atomic mass is 16.3. The van der Waals surface area contributed by atoms with E-state index >= 15 is 0 Å². The summed E-state index contributed by atoms with van der Waals surface area (Å²) in [6.07, 6.45) is 9.03. The van der Waals surface area contributed by atoms with Gasteiger partial charge < -0.3 is 26.8 Å². The van der Waals surface area contributed by atoms with Crippen molar-refractivity contribution >= 4 is 41.1 Å². The number of carbonyl (C=O) groups excluding carboxylic acids is 6. The maximum atomic E-state index is 13.6. The fourth-order valence-corrected chi connectivity index (χ4v) is 5.59. The number of hydrogen-bond donors (Lipinski definition) is 5. The first kappa shape index (κ1) is 33.4. The van der Waals surface area contributed by atoms with Crippen LogP contribution >= 0.6 is 0 Å². The molecule has 2 atom stereocenters. The molecule has 0 aromatic heterocycles. The van der Waals surface area contributed by atoms with Gasteiger partial charge in [-0.25, -0.2) is 4.79 Å². The van der Waals surface area contributed by atoms with Crippen molar-refractivity contribution in [2.45, 2.75) is 83.3 Å². The van der Waals surface area contributed by atoms with E-state index in [9.17, 15) is 33.9 Å². The molecular weight excluding hydrogens is 554 g/mol. The third-order valence-corrected chi connectivity index (χ3v) is 8.00. The van der Waals surface area contributed by atoms with Crippen LogP contribution in [0.25, 0.3) is 0 Å². The Bertz CT molecular complexity index is 1160. The maximum Gasteiger partial charge on any atom is 0.312 e. The van der Waals surface area contributed by atoms with Gasteiger partial charge in [-0.1, -0.05) is 31.4 Å². The van der Waals surface area contributed by atoms with Crippen LogP contribution < -0.4 is 21.7 Å². The molecule has 6 N–H and O–H groups in total. The molecule has 1 unspecified atom stereocenters. The van der Waals surface area contributed by atoms with Crippen molar-refractivity contribution in [2.75, 3.05) is 18.4 Å². The van der Waals surface area contributed by atoms with Crippen LogP contribution in [0.1, 0.15) is 76.2 Å². The van der Waals surface area contributed by atoms with Crippen molar-refractivity contribution < 1.29 is 33.9 Å². The Morgan fingerprint density at radius 2 is 1.60 bits per heavy atom. The van der Waals surface area contributed by atoms with E-state index in [0.717, 1.165) is 25.7 Å². The number of amides is 6. The lowest BCUT2D eigenvalue weighted by Crippen LogP contribution is -2.48. The minimum absolute atomic E-state index is 0.0299. The average Bonchev–Trinajstić information content (AvgIpc) is 3.63. The number of carbonyl (C=O) groups is 6. The summed E-state index contributed by atoms with van der Waals surface area (Å²) < 4.78 is 0. The summed E-state index contributed by atoms with van der Waals surface area (Å²) in [5.74, 6) is -1.93. The predicted molar refractivity (Wildman–Crippen MR) is 159 cm³/mol. The summed E-state index contributed by atoms with van der Waals surface area (Å²) in [7, 11) is 0. The number of aliphatic hydroxyl groups excluding tert-OH is 1. The molecule has 1 aliphatic heterocycles. The molecule has 1 heterocycles. The number of aliphatic hydroxyl groups is 1. The first-order valence-corrected chi connectivity index (χ1v) is 15.1. The zero-order valence-corrected chi connectivity index (χ0v) is 24.5. The number of nitrogens with one attached hydrogen (secondary N) is 3. The highest BCUT2D eigenvalue weighted by molar-refractivity contribution is 6.12. The number of primary amides is 1. The fourth-order valence-electron chi connectivity index (χ4n) is 5.59. The van der Waals surface area contributed by atoms with Crippen molar-refractivity contribution in [3.05, 3.63) is 42.0 Å². The van der Waals surface area contributed by atoms with E-state index in [-0.39, 0.29) is 55.4 Å². The fraction of sp³-hybridized carbons (Fsp3) is 0.548. The normalized spacial score (nSPS) is 16.3. The standard InChI is InChI=1S/C31H43N5O7/c32-31(43)33-17-6-10-26(30(42)34-23-13-11-21(20-37)12-14-23)35-29(41)25(22-7-3-4-8-22)19-24(38)9-2-1-5-18-36-27(39)15-16-28(36)40/h11-16,22,25-26,37H,1-10,17-20H2,(H,34,42)(H,35,41)(H3,32,33,43)/t25?,26-/m0/s1. The van der Waals surface area contributed by atoms with Crippen molar-refractivity contribution in [3.8, 4) is 0 Å². The Labute approximate surface area is 251 Å². The second-order valence-electron chi connectivity index (χ2n) is 11.2. The van der Waals surface area contributed by atoms with Gasteiger partial charge in [-0.3, -0.25) is 28.9 Å². The largest absolute Gasteiger partial charge is 0.392 e. The van der Waals surface area contributed by atoms with E-state index in [4.69, 9.17) is 5.73 Å². The van der Waals surface area contributed by atoms with Crippen LogP contribution in [0.4, 0.5) is 10.5 Å². The lowest BCUT2D eigenvalue weighted by atomic mass is 9.84. The van der Waals surface area contributed by atoms with Gasteiger partial charge in [0, 0.05) is 49.7 Å². The number of rotatable bonds is 18. The molecule has 12 nitrogen and oxygen atoms in total. The molecule has 0 bridgehead atoms. The topological polar surface area (TPSA) is 188 Å². The van der Waals surface area contributed by atoms with E-state index in [1.54, 1.807) is 24.3 Å². The molecule has 234 valence electrons. The summed E-state index contributed by atoms with van der Waals surface area (Å²) in [5, 5.41) is 17.4. The van der Waals surface area contributed by atoms with Gasteiger partial charge in [0.1, 0.15) is 11.8 Å². The highest BCUT2D eigenvalue weighted by Gasteiger charge is 2.34. The molecule has 1 saturated carbocycles. The average molecular weight is 598 g/mol. The molecule has 0 spiro atoms. The van der Waals surface area contributed by atoms with Gasteiger partial charge in [-0.05, 0) is 62.1 Å². The SMILES string of the molecule is NC(=O)NCCC[C@H](NC(=O)C(CC(=O)CCCCCN1C(=O)C=CC1=O)C1CCCC1)C(=O)Nc1ccc(CO)cc1. The van der Waals surface area contributed by atoms with Crippen LogP contribution in [0, 0.1) is 11.8 Å². The lowest BCUT2D eigenvalue weighted by molar-refractivity contribution is -0.137. The van der Waals surface area contributed by atoms with E-state index < -0.39 is 23.9 Å². The zero-order chi connectivity index (χ0) is 31.2. The van der Waals surface area contributed by atoms with Crippen molar-refractivity contribution in [3.63, 3.8) is 0 Å². The van der Waals surface area contributed by atoms with Gasteiger partial charge >= 0.3 is 6.03 Å². The minimum atomic E-state index is -0.899. The van der Waals surface area contributed by atoms with E-state index in [2.05, 4.69) is 16.0 Å². The molecular formula is C31H43N5O7. The van der Waals surface area contributed by atoms with Crippen LogP contribution in [0.5, 0.6) is 0 Å². The first-order valence-electron chi connectivity index (χ1n) is 15.1. The number of nitrogens with two attached hydrogens (primary N) is 1. The Morgan fingerprint density at radius 1 is 0.930 bits per heavy atom. The first-order chi connectivity index (χ1) is 20.7. The third kappa shape index (κ3) is 10.9. The number of urea groups is 1. The Balaban J connectivity index is 1.57. The number of hydrogen-bond acceptors (Lipinski definition) is 7. The molecule has 0 radical (unpaired) electrons. The molecule has 6 amide bonds. The molecule has 1 aliphatic carbocycles. The zero-order valence-electron chi connectivity index (χ0n) is 24.5. The smallest absolute Gasteiger partial charge is 0.312 e. The van der Waals surface area contributed by atoms with Crippen LogP contribution in [-0.2, 0) is 30.6 Å². The van der Waals surface area contributed by atoms with E-state index in [1.807, 2.05) is 0 Å². The molecule has 1 aromatic carbocycles. The summed E-state index contributed by atoms with van der Waals surface area (Å²) in [4.78, 5) is 75.4. The number of ketones is 1. The molecule has 0 saturated heterocycles. The Kier molecular flexibility index (Phi) is 13.3. The van der Waals surface area contributed by atoms with Gasteiger partial charge in [0.15, 0.2) is 0 Å². The van der Waals surface area contributed by atoms with Crippen LogP contribution in [0.2, 0.25) is 0 Å². The van der Waals surface area contributed by atoms with Crippen LogP contribution in [0.3, 0.4) is 0 Å². The molecule has 2 aliphatic rings. The molecule has 1 aromatic rings. The number of nitrogens with zero attached hydrogens (tertiary/aromatic N) is 1. The quantitative estimate of drug-likeness (QED) is 0.127. The molecule has 12 heteroatoms. The summed E-state index contributed by atoms with van der Waals surface area (Å²) >= 11 is 0. The van der Waals surface area contributed by atoms with Crippen molar-refractivity contribution in [1.82, 2.24) is 15.5 Å². The molecule has 1 fully saturated rings. The number of Topliss-reactive ketones (excluding diaryl/α,β-unsaturated/α-hetero) is 1. The van der Waals surface area contributed by atoms with Gasteiger partial charge in [0.25, 0.3) is 11.8 Å². The van der Waals surface area contributed by atoms with Gasteiger partial charge in [0.05, 0.1) is 6.61 Å². The summed E-state index contributed by atoms with van der Waals surface area (Å²) in [5.41, 5.74) is 6.34. The second kappa shape index (κ2) is 17.2. The second-order valence-corrected chi connectivity index (χ2v) is 11.2. The van der Waals surface area contributed by atoms with Crippen molar-refractivity contribution in [1.29, 1.82) is 0 Å². The monoisotopic (exact) mass is 597 g/mol. The van der Waals surface area contributed by atoms with E-state index in [1.165, 1.54) is 17.1 Å². The van der Waals surface area contributed by atoms with Crippen molar-refractivity contribution in [2.24, 2.45) is 17.6 Å². The predicted octanol–water partition coefficient (Wildman–Crippen LogP) is 2.30. The number of anilines is 1. The maximum absolute atomic E-state index is 13.6. The summed E-state index contributed by atoms with van der Waals surface area (Å²) in [6, 6.07) is 5.12.